The Kier molecular flexibility index (Phi) is 3.78. The van der Waals surface area contributed by atoms with Crippen LogP contribution >= 0.6 is 11.3 Å². The number of hydrogen-bond donors (Lipinski definition) is 0. The molecule has 1 aliphatic rings. The molecule has 3 aromatic rings. The van der Waals surface area contributed by atoms with Gasteiger partial charge in [0.2, 0.25) is 5.69 Å². The number of aromatic nitrogens is 2. The van der Waals surface area contributed by atoms with Crippen molar-refractivity contribution in [3.63, 3.8) is 0 Å². The normalized spacial score (nSPS) is 13.8. The molecule has 1 aliphatic carbocycles. The van der Waals surface area contributed by atoms with Crippen LogP contribution in [0.4, 0.5) is 0 Å². The predicted molar refractivity (Wildman–Crippen MR) is 84.7 cm³/mol. The molecule has 1 aromatic carbocycles. The molecule has 0 N–H and O–H groups in total. The van der Waals surface area contributed by atoms with E-state index in [1.165, 1.54) is 16.0 Å². The van der Waals surface area contributed by atoms with Gasteiger partial charge in [-0.2, -0.15) is 11.3 Å². The van der Waals surface area contributed by atoms with Crippen molar-refractivity contribution < 1.29 is 19.1 Å². The molecule has 1 fully saturated rings. The monoisotopic (exact) mass is 341 g/mol. The van der Waals surface area contributed by atoms with E-state index in [0.717, 1.165) is 18.5 Å². The second-order valence-corrected chi connectivity index (χ2v) is 6.51. The van der Waals surface area contributed by atoms with Gasteiger partial charge in [0.05, 0.1) is 10.8 Å². The number of para-hydroxylation sites is 1. The van der Waals surface area contributed by atoms with E-state index in [1.54, 1.807) is 11.0 Å². The SMILES string of the molecule is O=C(c1ccsc1)N(Cc1c([O-])on[n+]1-c1ccccc1)C1CC1. The van der Waals surface area contributed by atoms with Gasteiger partial charge in [0.25, 0.3) is 11.6 Å². The van der Waals surface area contributed by atoms with Gasteiger partial charge in [-0.05, 0) is 29.0 Å². The molecule has 0 spiro atoms. The first-order valence-electron chi connectivity index (χ1n) is 7.70. The maximum absolute atomic E-state index is 12.7. The van der Waals surface area contributed by atoms with Crippen molar-refractivity contribution in [3.05, 3.63) is 58.4 Å². The number of thiophene rings is 1. The number of benzene rings is 1. The van der Waals surface area contributed by atoms with Crippen LogP contribution in [0.15, 0.2) is 51.7 Å². The van der Waals surface area contributed by atoms with E-state index < -0.39 is 5.95 Å². The highest BCUT2D eigenvalue weighted by Crippen LogP contribution is 2.30. The van der Waals surface area contributed by atoms with Gasteiger partial charge in [-0.3, -0.25) is 4.79 Å². The fourth-order valence-corrected chi connectivity index (χ4v) is 3.27. The smallest absolute Gasteiger partial charge is 0.259 e. The molecule has 0 saturated heterocycles. The second kappa shape index (κ2) is 6.09. The largest absolute Gasteiger partial charge is 0.539 e. The molecule has 6 nitrogen and oxygen atoms in total. The number of hydrogen-bond acceptors (Lipinski definition) is 5. The molecule has 1 saturated carbocycles. The lowest BCUT2D eigenvalue weighted by Gasteiger charge is -2.20. The number of carbonyl (C=O) groups is 1. The van der Waals surface area contributed by atoms with Crippen LogP contribution in [0.2, 0.25) is 0 Å². The summed E-state index contributed by atoms with van der Waals surface area (Å²) in [6, 6.07) is 11.3. The molecule has 0 aliphatic heterocycles. The molecule has 0 atom stereocenters. The minimum atomic E-state index is -0.511. The molecule has 7 heteroatoms. The standard InChI is InChI=1S/C17H15N3O3S/c21-16(12-8-9-24-11-12)19(13-6-7-13)10-15-17(22)23-18-20(15)14-4-2-1-3-5-14/h1-5,8-9,11,13H,6-7,10H2. The van der Waals surface area contributed by atoms with Crippen LogP contribution in [0.3, 0.4) is 0 Å². The maximum atomic E-state index is 12.7. The van der Waals surface area contributed by atoms with Crippen molar-refractivity contribution in [2.24, 2.45) is 0 Å². The number of carbonyl (C=O) groups excluding carboxylic acids is 1. The number of amides is 1. The van der Waals surface area contributed by atoms with E-state index in [0.29, 0.717) is 11.3 Å². The topological polar surface area (TPSA) is 73.3 Å². The molecule has 0 bridgehead atoms. The van der Waals surface area contributed by atoms with E-state index in [4.69, 9.17) is 4.52 Å². The van der Waals surface area contributed by atoms with E-state index >= 15 is 0 Å². The van der Waals surface area contributed by atoms with Crippen molar-refractivity contribution in [1.29, 1.82) is 0 Å². The molecule has 24 heavy (non-hydrogen) atoms. The van der Waals surface area contributed by atoms with E-state index in [9.17, 15) is 9.90 Å². The predicted octanol–water partition coefficient (Wildman–Crippen LogP) is 1.89. The van der Waals surface area contributed by atoms with Gasteiger partial charge in [-0.1, -0.05) is 18.2 Å². The van der Waals surface area contributed by atoms with Crippen LogP contribution < -0.4 is 9.79 Å². The summed E-state index contributed by atoms with van der Waals surface area (Å²) in [4.78, 5) is 14.5. The molecule has 0 unspecified atom stereocenters. The Morgan fingerprint density at radius 1 is 1.33 bits per heavy atom. The van der Waals surface area contributed by atoms with Gasteiger partial charge in [-0.25, -0.2) is 0 Å². The Morgan fingerprint density at radius 2 is 2.12 bits per heavy atom. The van der Waals surface area contributed by atoms with Crippen molar-refractivity contribution >= 4 is 17.2 Å². The number of nitrogens with zero attached hydrogens (tertiary/aromatic N) is 3. The zero-order valence-corrected chi connectivity index (χ0v) is 13.6. The third-order valence-corrected chi connectivity index (χ3v) is 4.72. The summed E-state index contributed by atoms with van der Waals surface area (Å²) in [6.07, 6.45) is 1.92. The highest BCUT2D eigenvalue weighted by atomic mass is 32.1. The van der Waals surface area contributed by atoms with Crippen LogP contribution in [0, 0.1) is 0 Å². The summed E-state index contributed by atoms with van der Waals surface area (Å²) in [7, 11) is 0. The van der Waals surface area contributed by atoms with E-state index in [1.807, 2.05) is 41.1 Å². The molecular weight excluding hydrogens is 326 g/mol. The van der Waals surface area contributed by atoms with Crippen molar-refractivity contribution in [2.45, 2.75) is 25.4 Å². The first kappa shape index (κ1) is 14.9. The van der Waals surface area contributed by atoms with Crippen LogP contribution in [-0.2, 0) is 6.54 Å². The van der Waals surface area contributed by atoms with Gasteiger partial charge in [0.15, 0.2) is 5.95 Å². The van der Waals surface area contributed by atoms with Crippen LogP contribution in [0.25, 0.3) is 5.69 Å². The lowest BCUT2D eigenvalue weighted by molar-refractivity contribution is -0.678. The minimum Gasteiger partial charge on any atom is -0.539 e. The Balaban J connectivity index is 1.66. The molecule has 2 aromatic heterocycles. The van der Waals surface area contributed by atoms with Gasteiger partial charge in [-0.15, -0.1) is 0 Å². The molecular formula is C17H15N3O3S. The summed E-state index contributed by atoms with van der Waals surface area (Å²) in [6.45, 7) is 0.191. The van der Waals surface area contributed by atoms with E-state index in [-0.39, 0.29) is 18.5 Å². The average molecular weight is 341 g/mol. The maximum Gasteiger partial charge on any atom is 0.259 e. The molecule has 4 rings (SSSR count). The van der Waals surface area contributed by atoms with Crippen molar-refractivity contribution in [3.8, 4) is 11.6 Å². The lowest BCUT2D eigenvalue weighted by Crippen LogP contribution is -2.42. The summed E-state index contributed by atoms with van der Waals surface area (Å²) >= 11 is 1.48. The Hall–Kier alpha value is -2.67. The van der Waals surface area contributed by atoms with Crippen molar-refractivity contribution in [1.82, 2.24) is 10.2 Å². The van der Waals surface area contributed by atoms with Gasteiger partial charge in [0.1, 0.15) is 6.54 Å². The summed E-state index contributed by atoms with van der Waals surface area (Å²) in [5.74, 6) is -0.568. The van der Waals surface area contributed by atoms with Gasteiger partial charge < -0.3 is 14.5 Å². The first-order chi connectivity index (χ1) is 11.7. The molecule has 2 heterocycles. The summed E-state index contributed by atoms with van der Waals surface area (Å²) in [5.41, 5.74) is 1.75. The summed E-state index contributed by atoms with van der Waals surface area (Å²) in [5, 5.41) is 19.7. The highest BCUT2D eigenvalue weighted by molar-refractivity contribution is 7.08. The average Bonchev–Trinajstić information content (AvgIpc) is 3.17. The van der Waals surface area contributed by atoms with Crippen molar-refractivity contribution in [2.75, 3.05) is 0 Å². The van der Waals surface area contributed by atoms with Crippen LogP contribution in [-0.4, -0.2) is 22.1 Å². The molecule has 0 radical (unpaired) electrons. The Morgan fingerprint density at radius 3 is 2.79 bits per heavy atom. The van der Waals surface area contributed by atoms with Crippen LogP contribution in [0.1, 0.15) is 28.9 Å². The third-order valence-electron chi connectivity index (χ3n) is 4.03. The zero-order chi connectivity index (χ0) is 16.5. The zero-order valence-electron chi connectivity index (χ0n) is 12.8. The molecule has 1 amide bonds. The fourth-order valence-electron chi connectivity index (χ4n) is 2.64. The molecule has 122 valence electrons. The van der Waals surface area contributed by atoms with Gasteiger partial charge >= 0.3 is 0 Å². The Bertz CT molecular complexity index is 841. The second-order valence-electron chi connectivity index (χ2n) is 5.73. The number of rotatable bonds is 5. The fraction of sp³-hybridized carbons (Fsp3) is 0.235. The van der Waals surface area contributed by atoms with Crippen LogP contribution in [0.5, 0.6) is 5.95 Å². The summed E-state index contributed by atoms with van der Waals surface area (Å²) < 4.78 is 6.31. The van der Waals surface area contributed by atoms with E-state index in [2.05, 4.69) is 5.27 Å². The quantitative estimate of drug-likeness (QED) is 0.664. The third kappa shape index (κ3) is 2.78. The minimum absolute atomic E-state index is 0.0565. The Labute approximate surface area is 142 Å². The first-order valence-corrected chi connectivity index (χ1v) is 8.65. The van der Waals surface area contributed by atoms with Gasteiger partial charge in [0, 0.05) is 23.6 Å². The lowest BCUT2D eigenvalue weighted by atomic mass is 10.2. The highest BCUT2D eigenvalue weighted by Gasteiger charge is 2.36.